The molecule has 0 aliphatic carbocycles. The first kappa shape index (κ1) is 15.8. The zero-order valence-electron chi connectivity index (χ0n) is 10.7. The summed E-state index contributed by atoms with van der Waals surface area (Å²) in [5, 5.41) is 12.1. The Hall–Kier alpha value is -1.26. The van der Waals surface area contributed by atoms with E-state index in [1.807, 2.05) is 0 Å². The van der Waals surface area contributed by atoms with Gasteiger partial charge in [-0.3, -0.25) is 9.59 Å². The molecule has 0 unspecified atom stereocenters. The van der Waals surface area contributed by atoms with E-state index in [1.54, 1.807) is 32.0 Å². The average Bonchev–Trinajstić information content (AvgIpc) is 2.28. The summed E-state index contributed by atoms with van der Waals surface area (Å²) in [5.74, 6) is -1.31. The summed E-state index contributed by atoms with van der Waals surface area (Å²) in [6.07, 6.45) is 0.316. The molecule has 1 amide bonds. The largest absolute Gasteiger partial charge is 0.481 e. The molecule has 0 heterocycles. The Morgan fingerprint density at radius 3 is 2.26 bits per heavy atom. The van der Waals surface area contributed by atoms with E-state index in [1.165, 1.54) is 0 Å². The number of carbonyl (C=O) groups excluding carboxylic acids is 1. The maximum atomic E-state index is 11.9. The monoisotopic (exact) mass is 303 g/mol. The number of benzene rings is 1. The lowest BCUT2D eigenvalue weighted by atomic mass is 9.90. The van der Waals surface area contributed by atoms with Crippen LogP contribution < -0.4 is 5.32 Å². The van der Waals surface area contributed by atoms with Crippen LogP contribution in [0.3, 0.4) is 0 Å². The van der Waals surface area contributed by atoms with Crippen molar-refractivity contribution in [1.29, 1.82) is 0 Å². The normalized spacial score (nSPS) is 11.2. The molecule has 1 aromatic rings. The van der Waals surface area contributed by atoms with Gasteiger partial charge in [0.2, 0.25) is 0 Å². The first-order valence-corrected chi connectivity index (χ1v) is 6.47. The topological polar surface area (TPSA) is 66.4 Å². The molecule has 19 heavy (non-hydrogen) atoms. The lowest BCUT2D eigenvalue weighted by Gasteiger charge is -2.19. The highest BCUT2D eigenvalue weighted by molar-refractivity contribution is 6.39. The number of hydrogen-bond acceptors (Lipinski definition) is 2. The van der Waals surface area contributed by atoms with Crippen molar-refractivity contribution >= 4 is 35.1 Å². The lowest BCUT2D eigenvalue weighted by Crippen LogP contribution is -2.32. The Labute approximate surface area is 121 Å². The van der Waals surface area contributed by atoms with Gasteiger partial charge in [0.05, 0.1) is 21.0 Å². The Morgan fingerprint density at radius 2 is 1.79 bits per heavy atom. The van der Waals surface area contributed by atoms with Gasteiger partial charge in [-0.15, -0.1) is 0 Å². The summed E-state index contributed by atoms with van der Waals surface area (Å²) in [7, 11) is 0. The lowest BCUT2D eigenvalue weighted by molar-refractivity contribution is -0.147. The van der Waals surface area contributed by atoms with Crippen molar-refractivity contribution in [2.24, 2.45) is 5.41 Å². The number of halogens is 2. The van der Waals surface area contributed by atoms with Crippen molar-refractivity contribution in [1.82, 2.24) is 5.32 Å². The third kappa shape index (κ3) is 4.11. The van der Waals surface area contributed by atoms with E-state index in [9.17, 15) is 9.59 Å². The minimum atomic E-state index is -0.905. The highest BCUT2D eigenvalue weighted by Gasteiger charge is 2.26. The predicted molar refractivity (Wildman–Crippen MR) is 74.8 cm³/mol. The molecule has 0 fully saturated rings. The van der Waals surface area contributed by atoms with E-state index >= 15 is 0 Å². The molecule has 104 valence electrons. The van der Waals surface area contributed by atoms with Crippen LogP contribution in [0.1, 0.15) is 30.6 Å². The van der Waals surface area contributed by atoms with Crippen molar-refractivity contribution in [2.45, 2.75) is 20.3 Å². The van der Waals surface area contributed by atoms with Gasteiger partial charge in [-0.1, -0.05) is 29.3 Å². The number of aliphatic carboxylic acids is 1. The second-order valence-corrected chi connectivity index (χ2v) is 5.61. The summed E-state index contributed by atoms with van der Waals surface area (Å²) in [5.41, 5.74) is -0.684. The first-order valence-electron chi connectivity index (χ1n) is 5.71. The van der Waals surface area contributed by atoms with Gasteiger partial charge in [0.1, 0.15) is 0 Å². The van der Waals surface area contributed by atoms with Gasteiger partial charge in [0.15, 0.2) is 0 Å². The number of carboxylic acids is 1. The second kappa shape index (κ2) is 6.26. The second-order valence-electron chi connectivity index (χ2n) is 4.79. The number of amides is 1. The number of nitrogens with one attached hydrogen (secondary N) is 1. The van der Waals surface area contributed by atoms with Crippen molar-refractivity contribution in [2.75, 3.05) is 6.54 Å². The van der Waals surface area contributed by atoms with Crippen LogP contribution in [-0.4, -0.2) is 23.5 Å². The van der Waals surface area contributed by atoms with E-state index in [2.05, 4.69) is 5.32 Å². The van der Waals surface area contributed by atoms with E-state index in [4.69, 9.17) is 28.3 Å². The summed E-state index contributed by atoms with van der Waals surface area (Å²) in [6, 6.07) is 4.79. The third-order valence-electron chi connectivity index (χ3n) is 2.80. The molecule has 0 saturated heterocycles. The maximum Gasteiger partial charge on any atom is 0.309 e. The maximum absolute atomic E-state index is 11.9. The van der Waals surface area contributed by atoms with Gasteiger partial charge in [-0.2, -0.15) is 0 Å². The van der Waals surface area contributed by atoms with Gasteiger partial charge in [-0.25, -0.2) is 0 Å². The van der Waals surface area contributed by atoms with E-state index in [0.29, 0.717) is 6.42 Å². The molecule has 0 aliphatic rings. The van der Waals surface area contributed by atoms with E-state index in [-0.39, 0.29) is 22.2 Å². The highest BCUT2D eigenvalue weighted by atomic mass is 35.5. The fraction of sp³-hybridized carbons (Fsp3) is 0.385. The molecule has 2 N–H and O–H groups in total. The van der Waals surface area contributed by atoms with Crippen molar-refractivity contribution in [3.05, 3.63) is 33.8 Å². The number of hydrogen-bond donors (Lipinski definition) is 2. The molecule has 0 spiro atoms. The number of carbonyl (C=O) groups is 2. The summed E-state index contributed by atoms with van der Waals surface area (Å²) >= 11 is 11.8. The summed E-state index contributed by atoms with van der Waals surface area (Å²) in [6.45, 7) is 3.44. The fourth-order valence-corrected chi connectivity index (χ4v) is 1.97. The first-order chi connectivity index (χ1) is 8.75. The molecule has 1 rings (SSSR count). The van der Waals surface area contributed by atoms with Crippen LogP contribution in [0.25, 0.3) is 0 Å². The Bertz CT molecular complexity index is 480. The predicted octanol–water partition coefficient (Wildman–Crippen LogP) is 3.22. The number of carboxylic acid groups (broad SMARTS) is 1. The minimum absolute atomic E-state index is 0.207. The van der Waals surface area contributed by atoms with Gasteiger partial charge in [0, 0.05) is 6.54 Å². The highest BCUT2D eigenvalue weighted by Crippen LogP contribution is 2.24. The van der Waals surface area contributed by atoms with Crippen LogP contribution in [0.15, 0.2) is 18.2 Å². The van der Waals surface area contributed by atoms with Gasteiger partial charge < -0.3 is 10.4 Å². The standard InChI is InChI=1S/C13H15Cl2NO3/c1-13(2,12(18)19)6-7-16-11(17)10-8(14)4-3-5-9(10)15/h3-5H,6-7H2,1-2H3,(H,16,17)(H,18,19). The molecule has 6 heteroatoms. The molecule has 0 aliphatic heterocycles. The number of rotatable bonds is 5. The Kier molecular flexibility index (Phi) is 5.20. The Balaban J connectivity index is 2.65. The summed E-state index contributed by atoms with van der Waals surface area (Å²) < 4.78 is 0. The summed E-state index contributed by atoms with van der Waals surface area (Å²) in [4.78, 5) is 22.8. The molecule has 0 radical (unpaired) electrons. The van der Waals surface area contributed by atoms with Crippen molar-refractivity contribution in [3.63, 3.8) is 0 Å². The van der Waals surface area contributed by atoms with E-state index < -0.39 is 17.3 Å². The molecular formula is C13H15Cl2NO3. The molecule has 0 atom stereocenters. The molecule has 1 aromatic carbocycles. The molecule has 4 nitrogen and oxygen atoms in total. The van der Waals surface area contributed by atoms with E-state index in [0.717, 1.165) is 0 Å². The van der Waals surface area contributed by atoms with Crippen LogP contribution in [0, 0.1) is 5.41 Å². The van der Waals surface area contributed by atoms with Crippen LogP contribution in [0.4, 0.5) is 0 Å². The van der Waals surface area contributed by atoms with Crippen molar-refractivity contribution < 1.29 is 14.7 Å². The molecule has 0 bridgehead atoms. The van der Waals surface area contributed by atoms with Gasteiger partial charge >= 0.3 is 5.97 Å². The zero-order chi connectivity index (χ0) is 14.6. The van der Waals surface area contributed by atoms with Crippen LogP contribution in [-0.2, 0) is 4.79 Å². The quantitative estimate of drug-likeness (QED) is 0.877. The minimum Gasteiger partial charge on any atom is -0.481 e. The van der Waals surface area contributed by atoms with Crippen LogP contribution in [0.2, 0.25) is 10.0 Å². The Morgan fingerprint density at radius 1 is 1.26 bits per heavy atom. The van der Waals surface area contributed by atoms with Crippen LogP contribution >= 0.6 is 23.2 Å². The zero-order valence-corrected chi connectivity index (χ0v) is 12.2. The SMILES string of the molecule is CC(C)(CCNC(=O)c1c(Cl)cccc1Cl)C(=O)O. The van der Waals surface area contributed by atoms with Gasteiger partial charge in [0.25, 0.3) is 5.91 Å². The van der Waals surface area contributed by atoms with Gasteiger partial charge in [-0.05, 0) is 32.4 Å². The molecule has 0 saturated carbocycles. The third-order valence-corrected chi connectivity index (χ3v) is 3.43. The molecular weight excluding hydrogens is 289 g/mol. The molecule has 0 aromatic heterocycles. The van der Waals surface area contributed by atoms with Crippen LogP contribution in [0.5, 0.6) is 0 Å². The smallest absolute Gasteiger partial charge is 0.309 e. The fourth-order valence-electron chi connectivity index (χ4n) is 1.40. The van der Waals surface area contributed by atoms with Crippen molar-refractivity contribution in [3.8, 4) is 0 Å². The average molecular weight is 304 g/mol.